The fraction of sp³-hybridized carbons (Fsp3) is 0.867. The molecule has 0 bridgehead atoms. The molecule has 0 aromatic carbocycles. The third-order valence-electron chi connectivity index (χ3n) is 3.72. The minimum Gasteiger partial charge on any atom is -0.449 e. The van der Waals surface area contributed by atoms with Crippen molar-refractivity contribution >= 4 is 12.0 Å². The van der Waals surface area contributed by atoms with E-state index < -0.39 is 0 Å². The highest BCUT2D eigenvalue weighted by atomic mass is 16.6. The number of amides is 2. The van der Waals surface area contributed by atoms with Gasteiger partial charge in [-0.15, -0.1) is 0 Å². The first-order valence-electron chi connectivity index (χ1n) is 7.62. The van der Waals surface area contributed by atoms with Gasteiger partial charge in [0.05, 0.1) is 6.61 Å². The molecule has 0 aromatic heterocycles. The van der Waals surface area contributed by atoms with E-state index in [-0.39, 0.29) is 30.0 Å². The lowest BCUT2D eigenvalue weighted by atomic mass is 10.1. The van der Waals surface area contributed by atoms with Crippen molar-refractivity contribution in [2.45, 2.75) is 59.5 Å². The number of ether oxygens (including phenoxy) is 1. The van der Waals surface area contributed by atoms with Crippen molar-refractivity contribution in [3.05, 3.63) is 0 Å². The lowest BCUT2D eigenvalue weighted by Crippen LogP contribution is -2.60. The molecule has 0 saturated carbocycles. The monoisotopic (exact) mass is 284 g/mol. The van der Waals surface area contributed by atoms with E-state index in [9.17, 15) is 9.59 Å². The van der Waals surface area contributed by atoms with E-state index in [1.807, 2.05) is 32.6 Å². The molecule has 116 valence electrons. The second-order valence-corrected chi connectivity index (χ2v) is 5.96. The van der Waals surface area contributed by atoms with Gasteiger partial charge in [0.2, 0.25) is 5.91 Å². The van der Waals surface area contributed by atoms with Crippen LogP contribution in [0.15, 0.2) is 0 Å². The molecule has 20 heavy (non-hydrogen) atoms. The maximum absolute atomic E-state index is 12.1. The predicted molar refractivity (Wildman–Crippen MR) is 78.4 cm³/mol. The Kier molecular flexibility index (Phi) is 6.30. The van der Waals surface area contributed by atoms with Gasteiger partial charge in [0.15, 0.2) is 0 Å². The third-order valence-corrected chi connectivity index (χ3v) is 3.72. The summed E-state index contributed by atoms with van der Waals surface area (Å²) in [7, 11) is 0. The molecule has 1 aliphatic rings. The van der Waals surface area contributed by atoms with Crippen molar-refractivity contribution in [1.29, 1.82) is 0 Å². The second-order valence-electron chi connectivity index (χ2n) is 5.96. The Morgan fingerprint density at radius 3 is 2.25 bits per heavy atom. The van der Waals surface area contributed by atoms with Crippen molar-refractivity contribution in [1.82, 2.24) is 9.80 Å². The zero-order valence-electron chi connectivity index (χ0n) is 13.4. The van der Waals surface area contributed by atoms with Crippen LogP contribution in [-0.2, 0) is 9.53 Å². The molecule has 1 saturated heterocycles. The molecule has 1 aliphatic heterocycles. The van der Waals surface area contributed by atoms with Gasteiger partial charge in [-0.3, -0.25) is 4.79 Å². The molecule has 1 heterocycles. The molecule has 0 radical (unpaired) electrons. The SMILES string of the molecule is CCCCOC(=O)N1C[C@@H](C)N(C(=O)C(C)C)C[C@@H]1C. The molecule has 0 unspecified atom stereocenters. The Balaban J connectivity index is 2.59. The van der Waals surface area contributed by atoms with Crippen LogP contribution in [0.25, 0.3) is 0 Å². The minimum absolute atomic E-state index is 0.00280. The highest BCUT2D eigenvalue weighted by Crippen LogP contribution is 2.18. The molecule has 0 aliphatic carbocycles. The minimum atomic E-state index is -0.255. The summed E-state index contributed by atoms with van der Waals surface area (Å²) in [6.07, 6.45) is 1.65. The van der Waals surface area contributed by atoms with E-state index >= 15 is 0 Å². The second kappa shape index (κ2) is 7.50. The highest BCUT2D eigenvalue weighted by Gasteiger charge is 2.35. The largest absolute Gasteiger partial charge is 0.449 e. The zero-order chi connectivity index (χ0) is 15.3. The number of carbonyl (C=O) groups excluding carboxylic acids is 2. The zero-order valence-corrected chi connectivity index (χ0v) is 13.4. The normalized spacial score (nSPS) is 23.1. The molecular weight excluding hydrogens is 256 g/mol. The summed E-state index contributed by atoms with van der Waals surface area (Å²) >= 11 is 0. The van der Waals surface area contributed by atoms with Crippen LogP contribution in [0, 0.1) is 5.92 Å². The van der Waals surface area contributed by atoms with E-state index in [0.717, 1.165) is 12.8 Å². The molecule has 2 amide bonds. The summed E-state index contributed by atoms with van der Waals surface area (Å²) in [6.45, 7) is 11.4. The molecule has 5 heteroatoms. The molecular formula is C15H28N2O3. The van der Waals surface area contributed by atoms with E-state index in [2.05, 4.69) is 6.92 Å². The maximum atomic E-state index is 12.1. The highest BCUT2D eigenvalue weighted by molar-refractivity contribution is 5.79. The molecule has 1 rings (SSSR count). The summed E-state index contributed by atoms with van der Waals surface area (Å²) < 4.78 is 5.27. The number of carbonyl (C=O) groups is 2. The number of hydrogen-bond donors (Lipinski definition) is 0. The maximum Gasteiger partial charge on any atom is 0.410 e. The molecule has 2 atom stereocenters. The van der Waals surface area contributed by atoms with E-state index in [1.54, 1.807) is 4.90 Å². The lowest BCUT2D eigenvalue weighted by molar-refractivity contribution is -0.140. The number of piperazine rings is 1. The first-order valence-corrected chi connectivity index (χ1v) is 7.62. The van der Waals surface area contributed by atoms with E-state index in [4.69, 9.17) is 4.74 Å². The fourth-order valence-electron chi connectivity index (χ4n) is 2.41. The van der Waals surface area contributed by atoms with Gasteiger partial charge in [0.25, 0.3) is 0 Å². The number of nitrogens with zero attached hydrogens (tertiary/aromatic N) is 2. The Labute approximate surface area is 122 Å². The van der Waals surface area contributed by atoms with Crippen LogP contribution >= 0.6 is 0 Å². The quantitative estimate of drug-likeness (QED) is 0.745. The smallest absolute Gasteiger partial charge is 0.410 e. The van der Waals surface area contributed by atoms with Gasteiger partial charge in [-0.25, -0.2) is 4.79 Å². The van der Waals surface area contributed by atoms with Crippen LogP contribution in [0.2, 0.25) is 0 Å². The van der Waals surface area contributed by atoms with Crippen LogP contribution in [-0.4, -0.2) is 53.6 Å². The first-order chi connectivity index (χ1) is 9.38. The van der Waals surface area contributed by atoms with Crippen molar-refractivity contribution in [2.75, 3.05) is 19.7 Å². The van der Waals surface area contributed by atoms with Crippen LogP contribution in [0.5, 0.6) is 0 Å². The summed E-state index contributed by atoms with van der Waals surface area (Å²) in [5.41, 5.74) is 0. The predicted octanol–water partition coefficient (Wildman–Crippen LogP) is 2.50. The molecule has 1 fully saturated rings. The van der Waals surface area contributed by atoms with Gasteiger partial charge in [0.1, 0.15) is 0 Å². The fourth-order valence-corrected chi connectivity index (χ4v) is 2.41. The third kappa shape index (κ3) is 4.12. The Hall–Kier alpha value is -1.26. The van der Waals surface area contributed by atoms with Gasteiger partial charge in [-0.1, -0.05) is 27.2 Å². The van der Waals surface area contributed by atoms with E-state index in [1.165, 1.54) is 0 Å². The summed E-state index contributed by atoms with van der Waals surface area (Å²) in [5, 5.41) is 0. The number of unbranched alkanes of at least 4 members (excludes halogenated alkanes) is 1. The summed E-state index contributed by atoms with van der Waals surface area (Å²) in [6, 6.07) is 0.0443. The van der Waals surface area contributed by atoms with Gasteiger partial charge >= 0.3 is 6.09 Å². The Morgan fingerprint density at radius 2 is 1.70 bits per heavy atom. The Morgan fingerprint density at radius 1 is 1.15 bits per heavy atom. The summed E-state index contributed by atoms with van der Waals surface area (Å²) in [4.78, 5) is 27.8. The van der Waals surface area contributed by atoms with E-state index in [0.29, 0.717) is 19.7 Å². The summed E-state index contributed by atoms with van der Waals surface area (Å²) in [5.74, 6) is 0.149. The molecule has 5 nitrogen and oxygen atoms in total. The van der Waals surface area contributed by atoms with Gasteiger partial charge in [-0.05, 0) is 20.3 Å². The van der Waals surface area contributed by atoms with Crippen molar-refractivity contribution in [2.24, 2.45) is 5.92 Å². The average molecular weight is 284 g/mol. The molecule has 0 N–H and O–H groups in total. The topological polar surface area (TPSA) is 49.9 Å². The van der Waals surface area contributed by atoms with Gasteiger partial charge in [-0.2, -0.15) is 0 Å². The van der Waals surface area contributed by atoms with Gasteiger partial charge in [0, 0.05) is 31.1 Å². The van der Waals surface area contributed by atoms with Gasteiger partial charge < -0.3 is 14.5 Å². The standard InChI is InChI=1S/C15H28N2O3/c1-6-7-8-20-15(19)17-10-12(4)16(9-13(17)5)14(18)11(2)3/h11-13H,6-10H2,1-5H3/t12-,13+/m1/s1. The number of hydrogen-bond acceptors (Lipinski definition) is 3. The lowest BCUT2D eigenvalue weighted by Gasteiger charge is -2.44. The van der Waals surface area contributed by atoms with Crippen LogP contribution in [0.3, 0.4) is 0 Å². The Bertz CT molecular complexity index is 344. The molecule has 0 aromatic rings. The van der Waals surface area contributed by atoms with Crippen molar-refractivity contribution in [3.8, 4) is 0 Å². The first kappa shape index (κ1) is 16.8. The van der Waals surface area contributed by atoms with Crippen molar-refractivity contribution < 1.29 is 14.3 Å². The van der Waals surface area contributed by atoms with Crippen LogP contribution < -0.4 is 0 Å². The van der Waals surface area contributed by atoms with Crippen molar-refractivity contribution in [3.63, 3.8) is 0 Å². The van der Waals surface area contributed by atoms with Crippen LogP contribution in [0.4, 0.5) is 4.79 Å². The molecule has 0 spiro atoms. The van der Waals surface area contributed by atoms with Crippen LogP contribution in [0.1, 0.15) is 47.5 Å². The number of rotatable bonds is 4. The average Bonchev–Trinajstić information content (AvgIpc) is 2.40.